The van der Waals surface area contributed by atoms with Crippen molar-refractivity contribution in [2.75, 3.05) is 18.5 Å². The van der Waals surface area contributed by atoms with Gasteiger partial charge >= 0.3 is 11.9 Å². The minimum Gasteiger partial charge on any atom is -0.465 e. The fourth-order valence-electron chi connectivity index (χ4n) is 2.35. The summed E-state index contributed by atoms with van der Waals surface area (Å²) in [6.07, 6.45) is 1.94. The molecule has 2 heterocycles. The van der Waals surface area contributed by atoms with E-state index in [0.29, 0.717) is 18.6 Å². The number of fused-ring (bicyclic) bond motifs is 1. The highest BCUT2D eigenvalue weighted by atomic mass is 16.5. The first-order chi connectivity index (χ1) is 12.8. The van der Waals surface area contributed by atoms with E-state index in [2.05, 4.69) is 20.3 Å². The van der Waals surface area contributed by atoms with E-state index in [9.17, 15) is 19.2 Å². The van der Waals surface area contributed by atoms with Crippen LogP contribution in [0.2, 0.25) is 0 Å². The molecule has 0 fully saturated rings. The summed E-state index contributed by atoms with van der Waals surface area (Å²) >= 11 is 0. The van der Waals surface area contributed by atoms with Gasteiger partial charge in [-0.25, -0.2) is 4.98 Å². The number of H-pyrrole nitrogens is 1. The number of imidazole rings is 1. The van der Waals surface area contributed by atoms with Crippen LogP contribution in [0.25, 0.3) is 11.2 Å². The third-order valence-electron chi connectivity index (χ3n) is 3.59. The van der Waals surface area contributed by atoms with E-state index in [1.54, 1.807) is 4.57 Å². The lowest BCUT2D eigenvalue weighted by atomic mass is 10.1. The molecule has 0 aliphatic heterocycles. The summed E-state index contributed by atoms with van der Waals surface area (Å²) in [6, 6.07) is 0. The first-order valence-corrected chi connectivity index (χ1v) is 8.25. The molecule has 0 unspecified atom stereocenters. The average Bonchev–Trinajstić information content (AvgIpc) is 2.96. The van der Waals surface area contributed by atoms with E-state index in [1.807, 2.05) is 0 Å². The van der Waals surface area contributed by atoms with Gasteiger partial charge in [-0.2, -0.15) is 4.98 Å². The van der Waals surface area contributed by atoms with Crippen LogP contribution in [-0.2, 0) is 30.4 Å². The van der Waals surface area contributed by atoms with Gasteiger partial charge in [-0.15, -0.1) is 0 Å². The van der Waals surface area contributed by atoms with Crippen molar-refractivity contribution in [2.45, 2.75) is 33.7 Å². The van der Waals surface area contributed by atoms with Gasteiger partial charge in [-0.3, -0.25) is 29.5 Å². The zero-order valence-electron chi connectivity index (χ0n) is 15.3. The van der Waals surface area contributed by atoms with Crippen LogP contribution >= 0.6 is 0 Å². The number of esters is 2. The Bertz CT molecular complexity index is 884. The minimum absolute atomic E-state index is 0.0260. The minimum atomic E-state index is -0.473. The molecule has 0 bridgehead atoms. The summed E-state index contributed by atoms with van der Waals surface area (Å²) in [4.78, 5) is 56.0. The smallest absolute Gasteiger partial charge is 0.302 e. The van der Waals surface area contributed by atoms with Gasteiger partial charge in [0.15, 0.2) is 11.2 Å². The van der Waals surface area contributed by atoms with E-state index in [1.165, 1.54) is 27.1 Å². The molecule has 0 spiro atoms. The monoisotopic (exact) mass is 379 g/mol. The largest absolute Gasteiger partial charge is 0.465 e. The maximum atomic E-state index is 12.0. The Morgan fingerprint density at radius 3 is 2.37 bits per heavy atom. The van der Waals surface area contributed by atoms with Crippen molar-refractivity contribution >= 4 is 35.0 Å². The van der Waals surface area contributed by atoms with Gasteiger partial charge in [-0.1, -0.05) is 0 Å². The molecule has 2 aromatic heterocycles. The topological polar surface area (TPSA) is 145 Å². The molecule has 2 N–H and O–H groups in total. The molecule has 0 radical (unpaired) electrons. The van der Waals surface area contributed by atoms with Gasteiger partial charge in [0.05, 0.1) is 19.5 Å². The third-order valence-corrected chi connectivity index (χ3v) is 3.59. The molecule has 11 heteroatoms. The van der Waals surface area contributed by atoms with Crippen molar-refractivity contribution in [1.29, 1.82) is 0 Å². The molecule has 0 atom stereocenters. The van der Waals surface area contributed by atoms with Crippen molar-refractivity contribution in [2.24, 2.45) is 5.92 Å². The molecule has 0 saturated heterocycles. The highest BCUT2D eigenvalue weighted by Crippen LogP contribution is 2.13. The van der Waals surface area contributed by atoms with E-state index in [0.717, 1.165) is 0 Å². The Morgan fingerprint density at radius 2 is 1.81 bits per heavy atom. The van der Waals surface area contributed by atoms with Crippen LogP contribution in [0.5, 0.6) is 0 Å². The standard InChI is InChI=1S/C16H21N5O6/c1-9(22)18-16-19-14-13(15(25)20-16)17-8-21(14)5-4-12(6-26-10(2)23)7-27-11(3)24/h8,12H,4-7H2,1-3H3,(H2,18,19,20,22,25). The van der Waals surface area contributed by atoms with Crippen molar-refractivity contribution in [3.05, 3.63) is 16.7 Å². The van der Waals surface area contributed by atoms with Crippen molar-refractivity contribution in [3.63, 3.8) is 0 Å². The number of rotatable bonds is 8. The van der Waals surface area contributed by atoms with Gasteiger partial charge in [0.25, 0.3) is 5.56 Å². The normalized spacial score (nSPS) is 10.8. The maximum absolute atomic E-state index is 12.0. The number of amides is 1. The molecular formula is C16H21N5O6. The predicted molar refractivity (Wildman–Crippen MR) is 93.8 cm³/mol. The lowest BCUT2D eigenvalue weighted by Crippen LogP contribution is -2.21. The summed E-state index contributed by atoms with van der Waals surface area (Å²) in [6.45, 7) is 4.48. The summed E-state index contributed by atoms with van der Waals surface area (Å²) < 4.78 is 11.6. The van der Waals surface area contributed by atoms with Crippen LogP contribution in [0.15, 0.2) is 11.1 Å². The molecule has 1 amide bonds. The van der Waals surface area contributed by atoms with E-state index < -0.39 is 17.5 Å². The van der Waals surface area contributed by atoms with E-state index >= 15 is 0 Å². The van der Waals surface area contributed by atoms with Crippen molar-refractivity contribution in [3.8, 4) is 0 Å². The summed E-state index contributed by atoms with van der Waals surface area (Å²) in [5, 5.41) is 2.42. The number of nitrogens with one attached hydrogen (secondary N) is 2. The van der Waals surface area contributed by atoms with Crippen LogP contribution in [0.1, 0.15) is 27.2 Å². The van der Waals surface area contributed by atoms with E-state index in [-0.39, 0.29) is 36.5 Å². The number of aromatic nitrogens is 4. The quantitative estimate of drug-likeness (QED) is 0.619. The zero-order chi connectivity index (χ0) is 20.0. The first kappa shape index (κ1) is 20.1. The number of hydrogen-bond donors (Lipinski definition) is 2. The summed E-state index contributed by atoms with van der Waals surface area (Å²) in [5.74, 6) is -1.43. The van der Waals surface area contributed by atoms with Gasteiger partial charge in [0, 0.05) is 33.2 Å². The Hall–Kier alpha value is -3.24. The van der Waals surface area contributed by atoms with Crippen LogP contribution in [0, 0.1) is 5.92 Å². The number of aryl methyl sites for hydroxylation is 1. The molecule has 27 heavy (non-hydrogen) atoms. The number of nitrogens with zero attached hydrogens (tertiary/aromatic N) is 3. The van der Waals surface area contributed by atoms with Crippen LogP contribution < -0.4 is 10.9 Å². The first-order valence-electron chi connectivity index (χ1n) is 8.25. The molecule has 11 nitrogen and oxygen atoms in total. The van der Waals surface area contributed by atoms with Gasteiger partial charge < -0.3 is 14.0 Å². The Morgan fingerprint density at radius 1 is 1.19 bits per heavy atom. The Balaban J connectivity index is 2.15. The SMILES string of the molecule is CC(=O)Nc1nc2c(ncn2CCC(COC(C)=O)COC(C)=O)c(=O)[nH]1. The molecule has 0 saturated carbocycles. The second-order valence-corrected chi connectivity index (χ2v) is 5.97. The second kappa shape index (κ2) is 8.92. The average molecular weight is 379 g/mol. The van der Waals surface area contributed by atoms with Gasteiger partial charge in [0.1, 0.15) is 0 Å². The van der Waals surface area contributed by atoms with Gasteiger partial charge in [0.2, 0.25) is 11.9 Å². The molecule has 0 aromatic carbocycles. The lowest BCUT2D eigenvalue weighted by molar-refractivity contribution is -0.146. The fraction of sp³-hybridized carbons (Fsp3) is 0.500. The predicted octanol–water partition coefficient (Wildman–Crippen LogP) is 0.210. The molecule has 0 aliphatic carbocycles. The maximum Gasteiger partial charge on any atom is 0.302 e. The second-order valence-electron chi connectivity index (χ2n) is 5.97. The zero-order valence-corrected chi connectivity index (χ0v) is 15.3. The van der Waals surface area contributed by atoms with E-state index in [4.69, 9.17) is 9.47 Å². The Labute approximate surface area is 154 Å². The highest BCUT2D eigenvalue weighted by molar-refractivity contribution is 5.87. The number of anilines is 1. The van der Waals surface area contributed by atoms with Crippen molar-refractivity contribution in [1.82, 2.24) is 19.5 Å². The summed E-state index contributed by atoms with van der Waals surface area (Å²) in [5.41, 5.74) is -0.0271. The molecule has 0 aliphatic rings. The van der Waals surface area contributed by atoms with Crippen LogP contribution in [0.3, 0.4) is 0 Å². The molecule has 146 valence electrons. The molecular weight excluding hydrogens is 358 g/mol. The molecule has 2 rings (SSSR count). The van der Waals surface area contributed by atoms with Crippen molar-refractivity contribution < 1.29 is 23.9 Å². The lowest BCUT2D eigenvalue weighted by Gasteiger charge is -2.16. The number of carbonyl (C=O) groups excluding carboxylic acids is 3. The number of hydrogen-bond acceptors (Lipinski definition) is 8. The van der Waals surface area contributed by atoms with Crippen LogP contribution in [0.4, 0.5) is 5.95 Å². The van der Waals surface area contributed by atoms with Gasteiger partial charge in [-0.05, 0) is 6.42 Å². The van der Waals surface area contributed by atoms with Crippen LogP contribution in [-0.4, -0.2) is 50.6 Å². The highest BCUT2D eigenvalue weighted by Gasteiger charge is 2.16. The number of ether oxygens (including phenoxy) is 2. The number of aromatic amines is 1. The fourth-order valence-corrected chi connectivity index (χ4v) is 2.35. The third kappa shape index (κ3) is 5.90. The summed E-state index contributed by atoms with van der Waals surface area (Å²) in [7, 11) is 0. The Kier molecular flexibility index (Phi) is 6.63. The molecule has 2 aromatic rings. The number of carbonyl (C=O) groups is 3.